The number of para-hydroxylation sites is 1. The molecular weight excluding hydrogens is 174 g/mol. The Balaban J connectivity index is 2.20. The minimum Gasteiger partial charge on any atom is -0.474 e. The molecule has 2 nitrogen and oxygen atoms in total. The fourth-order valence-electron chi connectivity index (χ4n) is 1.60. The Morgan fingerprint density at radius 3 is 3.14 bits per heavy atom. The van der Waals surface area contributed by atoms with Gasteiger partial charge in [-0.2, -0.15) is 0 Å². The van der Waals surface area contributed by atoms with Crippen LogP contribution in [0.5, 0.6) is 5.75 Å². The summed E-state index contributed by atoms with van der Waals surface area (Å²) in [6.45, 7) is 3.02. The first-order valence-corrected chi connectivity index (χ1v) is 5.06. The summed E-state index contributed by atoms with van der Waals surface area (Å²) in [6.07, 6.45) is 5.30. The molecule has 0 amide bonds. The average molecular weight is 189 g/mol. The van der Waals surface area contributed by atoms with Crippen LogP contribution in [0, 0.1) is 0 Å². The number of nitrogens with one attached hydrogen (secondary N) is 1. The fraction of sp³-hybridized carbons (Fsp3) is 0.333. The summed E-state index contributed by atoms with van der Waals surface area (Å²) < 4.78 is 5.82. The maximum Gasteiger partial charge on any atom is 0.153 e. The van der Waals surface area contributed by atoms with Crippen molar-refractivity contribution in [2.24, 2.45) is 0 Å². The van der Waals surface area contributed by atoms with Crippen molar-refractivity contribution in [3.8, 4) is 5.75 Å². The van der Waals surface area contributed by atoms with Gasteiger partial charge in [0.25, 0.3) is 0 Å². The van der Waals surface area contributed by atoms with Crippen molar-refractivity contribution in [1.82, 2.24) is 5.32 Å². The summed E-state index contributed by atoms with van der Waals surface area (Å²) in [4.78, 5) is 0. The Hall–Kier alpha value is -1.28. The molecule has 0 radical (unpaired) electrons. The zero-order valence-electron chi connectivity index (χ0n) is 8.36. The van der Waals surface area contributed by atoms with E-state index in [1.165, 1.54) is 0 Å². The lowest BCUT2D eigenvalue weighted by Crippen LogP contribution is -2.33. The Kier molecular flexibility index (Phi) is 2.84. The Bertz CT molecular complexity index is 333. The third kappa shape index (κ3) is 1.96. The van der Waals surface area contributed by atoms with Gasteiger partial charge in [0.2, 0.25) is 0 Å². The number of fused-ring (bicyclic) bond motifs is 1. The highest BCUT2D eigenvalue weighted by molar-refractivity contribution is 5.57. The van der Waals surface area contributed by atoms with E-state index < -0.39 is 0 Å². The first-order valence-electron chi connectivity index (χ1n) is 5.06. The second-order valence-electron chi connectivity index (χ2n) is 3.34. The van der Waals surface area contributed by atoms with Gasteiger partial charge in [-0.1, -0.05) is 37.3 Å². The van der Waals surface area contributed by atoms with Crippen LogP contribution in [0.15, 0.2) is 30.3 Å². The summed E-state index contributed by atoms with van der Waals surface area (Å²) in [6, 6.07) is 8.11. The molecule has 0 saturated carbocycles. The molecule has 1 aliphatic rings. The summed E-state index contributed by atoms with van der Waals surface area (Å²) in [5.74, 6) is 0.965. The molecule has 74 valence electrons. The predicted octanol–water partition coefficient (Wildman–Crippen LogP) is 2.42. The zero-order valence-corrected chi connectivity index (χ0v) is 8.36. The molecule has 1 aliphatic heterocycles. The quantitative estimate of drug-likeness (QED) is 0.771. The summed E-state index contributed by atoms with van der Waals surface area (Å²) in [5.41, 5.74) is 1.16. The monoisotopic (exact) mass is 189 g/mol. The normalized spacial score (nSPS) is 19.6. The van der Waals surface area contributed by atoms with Gasteiger partial charge in [-0.3, -0.25) is 5.32 Å². The van der Waals surface area contributed by atoms with Crippen LogP contribution in [0.1, 0.15) is 18.9 Å². The van der Waals surface area contributed by atoms with E-state index in [0.717, 1.165) is 24.3 Å². The van der Waals surface area contributed by atoms with Crippen LogP contribution in [-0.4, -0.2) is 12.8 Å². The van der Waals surface area contributed by atoms with Crippen LogP contribution in [0.25, 0.3) is 6.08 Å². The zero-order chi connectivity index (χ0) is 9.80. The van der Waals surface area contributed by atoms with Gasteiger partial charge in [0, 0.05) is 12.0 Å². The van der Waals surface area contributed by atoms with E-state index in [2.05, 4.69) is 30.5 Å². The van der Waals surface area contributed by atoms with E-state index in [0.29, 0.717) is 0 Å². The Morgan fingerprint density at radius 2 is 2.29 bits per heavy atom. The van der Waals surface area contributed by atoms with E-state index in [-0.39, 0.29) is 6.23 Å². The molecule has 1 aromatic carbocycles. The van der Waals surface area contributed by atoms with Gasteiger partial charge in [-0.25, -0.2) is 0 Å². The molecule has 14 heavy (non-hydrogen) atoms. The summed E-state index contributed by atoms with van der Waals surface area (Å²) >= 11 is 0. The van der Waals surface area contributed by atoms with Crippen molar-refractivity contribution in [2.75, 3.05) is 6.54 Å². The van der Waals surface area contributed by atoms with Gasteiger partial charge in [0.1, 0.15) is 5.75 Å². The Labute approximate surface area is 84.6 Å². The standard InChI is InChI=1S/C12H15NO/c1-2-13-12-9-5-7-10-6-3-4-8-11(10)14-12/h3-8,12-13H,2,9H2,1H3. The van der Waals surface area contributed by atoms with E-state index in [9.17, 15) is 0 Å². The lowest BCUT2D eigenvalue weighted by atomic mass is 10.2. The molecule has 1 N–H and O–H groups in total. The second kappa shape index (κ2) is 4.29. The lowest BCUT2D eigenvalue weighted by Gasteiger charge is -2.17. The maximum atomic E-state index is 5.82. The molecule has 1 unspecified atom stereocenters. The molecule has 0 spiro atoms. The molecule has 0 saturated heterocycles. The highest BCUT2D eigenvalue weighted by atomic mass is 16.5. The number of hydrogen-bond donors (Lipinski definition) is 1. The topological polar surface area (TPSA) is 21.3 Å². The van der Waals surface area contributed by atoms with Crippen molar-refractivity contribution < 1.29 is 4.74 Å². The van der Waals surface area contributed by atoms with E-state index in [1.54, 1.807) is 0 Å². The van der Waals surface area contributed by atoms with E-state index >= 15 is 0 Å². The van der Waals surface area contributed by atoms with Gasteiger partial charge in [0.15, 0.2) is 6.23 Å². The van der Waals surface area contributed by atoms with E-state index in [1.807, 2.05) is 18.2 Å². The molecular formula is C12H15NO. The van der Waals surface area contributed by atoms with Gasteiger partial charge in [-0.15, -0.1) is 0 Å². The minimum absolute atomic E-state index is 0.111. The maximum absolute atomic E-state index is 5.82. The first-order chi connectivity index (χ1) is 6.90. The first kappa shape index (κ1) is 9.28. The molecule has 0 bridgehead atoms. The highest BCUT2D eigenvalue weighted by Gasteiger charge is 2.11. The molecule has 0 aliphatic carbocycles. The smallest absolute Gasteiger partial charge is 0.153 e. The van der Waals surface area contributed by atoms with Gasteiger partial charge >= 0.3 is 0 Å². The van der Waals surface area contributed by atoms with Gasteiger partial charge in [-0.05, 0) is 12.6 Å². The van der Waals surface area contributed by atoms with Crippen molar-refractivity contribution in [3.63, 3.8) is 0 Å². The molecule has 1 heterocycles. The average Bonchev–Trinajstić information content (AvgIpc) is 2.40. The third-order valence-corrected chi connectivity index (χ3v) is 2.27. The summed E-state index contributed by atoms with van der Waals surface area (Å²) in [5, 5.41) is 3.29. The van der Waals surface area contributed by atoms with Crippen LogP contribution < -0.4 is 10.1 Å². The Morgan fingerprint density at radius 1 is 1.43 bits per heavy atom. The number of hydrogen-bond acceptors (Lipinski definition) is 2. The van der Waals surface area contributed by atoms with Crippen LogP contribution in [0.4, 0.5) is 0 Å². The van der Waals surface area contributed by atoms with Crippen LogP contribution in [0.2, 0.25) is 0 Å². The van der Waals surface area contributed by atoms with Crippen molar-refractivity contribution >= 4 is 6.08 Å². The predicted molar refractivity (Wildman–Crippen MR) is 58.2 cm³/mol. The molecule has 0 fully saturated rings. The number of rotatable bonds is 2. The molecule has 2 rings (SSSR count). The minimum atomic E-state index is 0.111. The van der Waals surface area contributed by atoms with E-state index in [4.69, 9.17) is 4.74 Å². The van der Waals surface area contributed by atoms with Crippen molar-refractivity contribution in [2.45, 2.75) is 19.6 Å². The number of ether oxygens (including phenoxy) is 1. The molecule has 1 atom stereocenters. The fourth-order valence-corrected chi connectivity index (χ4v) is 1.60. The molecule has 0 aromatic heterocycles. The van der Waals surface area contributed by atoms with Gasteiger partial charge in [0.05, 0.1) is 0 Å². The van der Waals surface area contributed by atoms with Crippen molar-refractivity contribution in [1.29, 1.82) is 0 Å². The third-order valence-electron chi connectivity index (χ3n) is 2.27. The summed E-state index contributed by atoms with van der Waals surface area (Å²) in [7, 11) is 0. The SMILES string of the molecule is CCNC1CC=Cc2ccccc2O1. The van der Waals surface area contributed by atoms with Gasteiger partial charge < -0.3 is 4.74 Å². The number of benzene rings is 1. The second-order valence-corrected chi connectivity index (χ2v) is 3.34. The molecule has 2 heteroatoms. The lowest BCUT2D eigenvalue weighted by molar-refractivity contribution is 0.170. The van der Waals surface area contributed by atoms with Crippen LogP contribution >= 0.6 is 0 Å². The highest BCUT2D eigenvalue weighted by Crippen LogP contribution is 2.23. The molecule has 1 aromatic rings. The largest absolute Gasteiger partial charge is 0.474 e. The van der Waals surface area contributed by atoms with Crippen molar-refractivity contribution in [3.05, 3.63) is 35.9 Å². The van der Waals surface area contributed by atoms with Crippen LogP contribution in [0.3, 0.4) is 0 Å². The van der Waals surface area contributed by atoms with Crippen LogP contribution in [-0.2, 0) is 0 Å².